The van der Waals surface area contributed by atoms with E-state index >= 15 is 4.39 Å². The summed E-state index contributed by atoms with van der Waals surface area (Å²) in [6, 6.07) is 4.74. The van der Waals surface area contributed by atoms with Gasteiger partial charge in [-0.15, -0.1) is 6.42 Å². The fraction of sp³-hybridized carbons (Fsp3) is 0.424. The van der Waals surface area contributed by atoms with Gasteiger partial charge in [-0.25, -0.2) is 13.2 Å². The van der Waals surface area contributed by atoms with Gasteiger partial charge in [-0.1, -0.05) is 35.2 Å². The van der Waals surface area contributed by atoms with E-state index in [0.29, 0.717) is 44.3 Å². The third-order valence-electron chi connectivity index (χ3n) is 9.47. The van der Waals surface area contributed by atoms with Crippen LogP contribution in [-0.2, 0) is 4.74 Å². The molecule has 0 radical (unpaired) electrons. The van der Waals surface area contributed by atoms with Crippen LogP contribution in [0.25, 0.3) is 32.9 Å². The molecular formula is C33H29Cl2F3N6O2. The highest BCUT2D eigenvalue weighted by Crippen LogP contribution is 2.55. The van der Waals surface area contributed by atoms with Crippen LogP contribution in [-0.4, -0.2) is 80.8 Å². The van der Waals surface area contributed by atoms with Crippen molar-refractivity contribution in [3.8, 4) is 29.6 Å². The second-order valence-corrected chi connectivity index (χ2v) is 13.7. The van der Waals surface area contributed by atoms with Gasteiger partial charge >= 0.3 is 6.01 Å². The molecule has 4 aliphatic rings. The SMILES string of the molecule is [2H]C([2H])(Oc1nc(N2CCCOC3C2C3(Cl)Cl)c2cnc(-c3cc(N)cc4ccc(F)c(C#C)c34)c(F)c2n1)[C@@]12CCCN1C[C@H](F)C2. The van der Waals surface area contributed by atoms with Gasteiger partial charge in [0, 0.05) is 49.0 Å². The normalized spacial score (nSPS) is 27.9. The van der Waals surface area contributed by atoms with Gasteiger partial charge in [0.05, 0.1) is 25.3 Å². The maximum atomic E-state index is 17.0. The molecule has 0 bridgehead atoms. The topological polar surface area (TPSA) is 89.6 Å². The zero-order valence-electron chi connectivity index (χ0n) is 26.4. The first-order chi connectivity index (χ1) is 22.9. The van der Waals surface area contributed by atoms with Crippen LogP contribution in [0.5, 0.6) is 6.01 Å². The molecule has 3 aliphatic heterocycles. The van der Waals surface area contributed by atoms with Crippen LogP contribution in [0, 0.1) is 24.0 Å². The van der Waals surface area contributed by atoms with Crippen molar-refractivity contribution in [2.75, 3.05) is 43.4 Å². The lowest BCUT2D eigenvalue weighted by Gasteiger charge is -2.31. The van der Waals surface area contributed by atoms with Gasteiger partial charge in [0.25, 0.3) is 0 Å². The quantitative estimate of drug-likeness (QED) is 0.162. The predicted molar refractivity (Wildman–Crippen MR) is 171 cm³/mol. The van der Waals surface area contributed by atoms with Crippen molar-refractivity contribution in [1.82, 2.24) is 19.9 Å². The third kappa shape index (κ3) is 4.56. The number of fused-ring (bicyclic) bond motifs is 4. The molecule has 2 aromatic heterocycles. The van der Waals surface area contributed by atoms with Gasteiger partial charge in [0.2, 0.25) is 0 Å². The van der Waals surface area contributed by atoms with Crippen LogP contribution < -0.4 is 15.4 Å². The Labute approximate surface area is 275 Å². The summed E-state index contributed by atoms with van der Waals surface area (Å²) in [5, 5.41) is 0.888. The van der Waals surface area contributed by atoms with Crippen LogP contribution in [0.3, 0.4) is 0 Å². The second kappa shape index (κ2) is 10.7. The number of pyridine rings is 1. The minimum atomic E-state index is -2.45. The van der Waals surface area contributed by atoms with Crippen molar-refractivity contribution in [3.63, 3.8) is 0 Å². The molecular weight excluding hydrogens is 640 g/mol. The zero-order chi connectivity index (χ0) is 33.7. The van der Waals surface area contributed by atoms with Crippen molar-refractivity contribution >= 4 is 56.4 Å². The number of rotatable bonds is 5. The smallest absolute Gasteiger partial charge is 0.319 e. The lowest BCUT2D eigenvalue weighted by molar-refractivity contribution is 0.107. The number of terminal acetylenes is 1. The van der Waals surface area contributed by atoms with Gasteiger partial charge in [-0.2, -0.15) is 9.97 Å². The number of hydrogen-bond acceptors (Lipinski definition) is 8. The molecule has 4 aromatic rings. The second-order valence-electron chi connectivity index (χ2n) is 12.3. The Morgan fingerprint density at radius 1 is 1.22 bits per heavy atom. The summed E-state index contributed by atoms with van der Waals surface area (Å²) in [5.74, 6) is 0.923. The van der Waals surface area contributed by atoms with Crippen molar-refractivity contribution in [2.24, 2.45) is 0 Å². The summed E-state index contributed by atoms with van der Waals surface area (Å²) in [4.78, 5) is 17.0. The van der Waals surface area contributed by atoms with Gasteiger partial charge in [-0.3, -0.25) is 9.88 Å². The summed E-state index contributed by atoms with van der Waals surface area (Å²) in [5.41, 5.74) is 4.79. The maximum absolute atomic E-state index is 17.0. The molecule has 4 atom stereocenters. The molecule has 5 heterocycles. The van der Waals surface area contributed by atoms with Gasteiger partial charge in [0.15, 0.2) is 10.2 Å². The summed E-state index contributed by atoms with van der Waals surface area (Å²) in [7, 11) is 0. The van der Waals surface area contributed by atoms with Gasteiger partial charge in [-0.05, 0) is 49.4 Å². The highest BCUT2D eigenvalue weighted by molar-refractivity contribution is 6.52. The Kier molecular flexibility index (Phi) is 6.43. The van der Waals surface area contributed by atoms with E-state index in [1.54, 1.807) is 15.9 Å². The lowest BCUT2D eigenvalue weighted by Crippen LogP contribution is -2.43. The molecule has 2 N–H and O–H groups in total. The monoisotopic (exact) mass is 670 g/mol. The summed E-state index contributed by atoms with van der Waals surface area (Å²) in [6.45, 7) is -1.08. The van der Waals surface area contributed by atoms with Crippen molar-refractivity contribution in [3.05, 3.63) is 47.7 Å². The fourth-order valence-electron chi connectivity index (χ4n) is 7.34. The molecule has 238 valence electrons. The molecule has 0 spiro atoms. The van der Waals surface area contributed by atoms with E-state index < -0.39 is 52.4 Å². The molecule has 2 aromatic carbocycles. The van der Waals surface area contributed by atoms with E-state index in [1.165, 1.54) is 24.4 Å². The lowest BCUT2D eigenvalue weighted by atomic mass is 9.95. The molecule has 4 fully saturated rings. The standard InChI is InChI=1S/C33H29Cl2F3N6O2/c1-2-20-23(37)6-5-17-11-19(39)12-21(24(17)20)26-25(38)27-22(14-40-26)30(44-9-4-10-45-29-28(44)33(29,34)35)42-31(41-27)46-16-32-7-3-8-43(32)15-18(36)13-32/h1,5-6,11-12,14,18,28-29H,3-4,7-10,13,15-16,39H2/t18-,28?,29?,32+/m1/s1/i16D2. The molecule has 46 heavy (non-hydrogen) atoms. The average Bonchev–Trinajstić information content (AvgIpc) is 3.21. The van der Waals surface area contributed by atoms with E-state index in [1.807, 2.05) is 0 Å². The molecule has 13 heteroatoms. The first kappa shape index (κ1) is 27.5. The van der Waals surface area contributed by atoms with Crippen molar-refractivity contribution < 1.29 is 25.4 Å². The molecule has 8 rings (SSSR count). The van der Waals surface area contributed by atoms with Crippen molar-refractivity contribution in [2.45, 2.75) is 53.9 Å². The minimum absolute atomic E-state index is 0.0618. The number of nitrogen functional groups attached to an aromatic ring is 1. The van der Waals surface area contributed by atoms with E-state index in [4.69, 9.17) is 47.6 Å². The number of hydrogen-bond donors (Lipinski definition) is 1. The number of halogens is 5. The first-order valence-electron chi connectivity index (χ1n) is 16.1. The highest BCUT2D eigenvalue weighted by Gasteiger charge is 2.68. The summed E-state index contributed by atoms with van der Waals surface area (Å²) >= 11 is 13.2. The molecule has 3 saturated heterocycles. The largest absolute Gasteiger partial charge is 0.461 e. The first-order valence-corrected chi connectivity index (χ1v) is 15.8. The Bertz CT molecular complexity index is 2050. The Morgan fingerprint density at radius 2 is 2.07 bits per heavy atom. The van der Waals surface area contributed by atoms with Gasteiger partial charge in [0.1, 0.15) is 41.7 Å². The van der Waals surface area contributed by atoms with Gasteiger partial charge < -0.3 is 20.1 Å². The summed E-state index contributed by atoms with van der Waals surface area (Å²) < 4.78 is 75.2. The van der Waals surface area contributed by atoms with E-state index in [2.05, 4.69) is 20.9 Å². The highest BCUT2D eigenvalue weighted by atomic mass is 35.5. The number of alkyl halides is 3. The van der Waals surface area contributed by atoms with E-state index in [-0.39, 0.29) is 57.6 Å². The number of aromatic nitrogens is 3. The van der Waals surface area contributed by atoms with Crippen LogP contribution >= 0.6 is 23.2 Å². The minimum Gasteiger partial charge on any atom is -0.461 e. The molecule has 8 nitrogen and oxygen atoms in total. The van der Waals surface area contributed by atoms with Crippen LogP contribution in [0.1, 0.15) is 34.0 Å². The third-order valence-corrected chi connectivity index (χ3v) is 10.3. The molecule has 1 aliphatic carbocycles. The molecule has 0 amide bonds. The van der Waals surface area contributed by atoms with Crippen LogP contribution in [0.2, 0.25) is 0 Å². The Balaban J connectivity index is 1.33. The average molecular weight is 672 g/mol. The van der Waals surface area contributed by atoms with Crippen LogP contribution in [0.4, 0.5) is 24.7 Å². The molecule has 1 saturated carbocycles. The zero-order valence-corrected chi connectivity index (χ0v) is 25.9. The number of ether oxygens (including phenoxy) is 2. The number of nitrogens with two attached hydrogens (primary N) is 1. The number of benzene rings is 2. The predicted octanol–water partition coefficient (Wildman–Crippen LogP) is 5.79. The number of anilines is 2. The van der Waals surface area contributed by atoms with Crippen LogP contribution in [0.15, 0.2) is 30.5 Å². The van der Waals surface area contributed by atoms with E-state index in [9.17, 15) is 8.78 Å². The summed E-state index contributed by atoms with van der Waals surface area (Å²) in [6.07, 6.45) is 6.83. The van der Waals surface area contributed by atoms with E-state index in [0.717, 1.165) is 0 Å². The molecule has 2 unspecified atom stereocenters. The number of nitrogens with zero attached hydrogens (tertiary/aromatic N) is 5. The maximum Gasteiger partial charge on any atom is 0.319 e. The Hall–Kier alpha value is -3.56. The Morgan fingerprint density at radius 3 is 2.89 bits per heavy atom. The van der Waals surface area contributed by atoms with Crippen molar-refractivity contribution in [1.29, 1.82) is 0 Å². The fourth-order valence-corrected chi connectivity index (χ4v) is 8.05.